The molecule has 0 aliphatic heterocycles. The van der Waals surface area contributed by atoms with Crippen LogP contribution in [0.1, 0.15) is 27.2 Å². The van der Waals surface area contributed by atoms with Crippen LogP contribution >= 0.6 is 0 Å². The van der Waals surface area contributed by atoms with Gasteiger partial charge < -0.3 is 10.1 Å². The summed E-state index contributed by atoms with van der Waals surface area (Å²) in [6, 6.07) is 0. The van der Waals surface area contributed by atoms with Crippen LogP contribution in [-0.2, 0) is 0 Å². The fourth-order valence-electron chi connectivity index (χ4n) is 4.06. The molecule has 0 unspecified atom stereocenters. The minimum Gasteiger partial charge on any atom is -0.411 e. The Hall–Kier alpha value is -0.570. The van der Waals surface area contributed by atoms with Crippen LogP contribution in [0, 0.1) is 29.1 Å². The molecule has 3 aliphatic carbocycles. The lowest BCUT2D eigenvalue weighted by Crippen LogP contribution is -2.61. The van der Waals surface area contributed by atoms with Crippen LogP contribution in [0.2, 0.25) is 0 Å². The first-order valence-corrected chi connectivity index (χ1v) is 6.26. The van der Waals surface area contributed by atoms with Crippen molar-refractivity contribution in [2.24, 2.45) is 34.2 Å². The number of rotatable bonds is 2. The number of hydrogen-bond acceptors (Lipinski definition) is 3. The normalized spacial score (nSPS) is 43.5. The van der Waals surface area contributed by atoms with E-state index < -0.39 is 0 Å². The predicted molar refractivity (Wildman–Crippen MR) is 65.8 cm³/mol. The number of hydrogen-bond donors (Lipinski definition) is 1. The Labute approximate surface area is 98.5 Å². The Bertz CT molecular complexity index is 309. The van der Waals surface area contributed by atoms with Crippen LogP contribution in [0.15, 0.2) is 5.16 Å². The standard InChI is InChI=1S/C13H24N2O/c1-8-10-6-11(13(10,2)3)9(7-15(4)5)12(8)14-16/h8-11,16H,6-7H2,1-5H3/b14-12+/t8-,9-,10+,11+/m0/s1. The van der Waals surface area contributed by atoms with E-state index in [9.17, 15) is 5.21 Å². The Kier molecular flexibility index (Phi) is 2.77. The smallest absolute Gasteiger partial charge is 0.0648 e. The van der Waals surface area contributed by atoms with Crippen molar-refractivity contribution < 1.29 is 5.21 Å². The number of nitrogens with zero attached hydrogens (tertiary/aromatic N) is 2. The van der Waals surface area contributed by atoms with Gasteiger partial charge in [0.1, 0.15) is 0 Å². The zero-order chi connectivity index (χ0) is 12.1. The lowest BCUT2D eigenvalue weighted by Gasteiger charge is -2.63. The summed E-state index contributed by atoms with van der Waals surface area (Å²) in [6.45, 7) is 7.97. The molecule has 0 aromatic rings. The highest BCUT2D eigenvalue weighted by Crippen LogP contribution is 2.62. The summed E-state index contributed by atoms with van der Waals surface area (Å²) >= 11 is 0. The molecule has 3 aliphatic rings. The molecule has 0 aromatic heterocycles. The molecule has 1 N–H and O–H groups in total. The van der Waals surface area contributed by atoms with Crippen molar-refractivity contribution in [2.45, 2.75) is 27.2 Å². The molecule has 3 rings (SSSR count). The average Bonchev–Trinajstić information content (AvgIpc) is 2.15. The summed E-state index contributed by atoms with van der Waals surface area (Å²) in [5, 5.41) is 12.8. The summed E-state index contributed by atoms with van der Waals surface area (Å²) < 4.78 is 0. The second-order valence-corrected chi connectivity index (χ2v) is 6.45. The largest absolute Gasteiger partial charge is 0.411 e. The van der Waals surface area contributed by atoms with Gasteiger partial charge in [-0.2, -0.15) is 0 Å². The number of fused-ring (bicyclic) bond motifs is 2. The van der Waals surface area contributed by atoms with Crippen LogP contribution in [0.3, 0.4) is 0 Å². The first-order valence-electron chi connectivity index (χ1n) is 6.26. The van der Waals surface area contributed by atoms with Crippen molar-refractivity contribution in [1.29, 1.82) is 0 Å². The van der Waals surface area contributed by atoms with Gasteiger partial charge in [0.25, 0.3) is 0 Å². The minimum absolute atomic E-state index is 0.425. The van der Waals surface area contributed by atoms with Gasteiger partial charge in [0.2, 0.25) is 0 Å². The number of oxime groups is 1. The highest BCUT2D eigenvalue weighted by atomic mass is 16.4. The molecule has 3 heteroatoms. The molecule has 16 heavy (non-hydrogen) atoms. The SMILES string of the molecule is C[C@@H]1/C(=N\O)[C@@H](CN(C)C)[C@H]2C[C@H]1C2(C)C. The van der Waals surface area contributed by atoms with E-state index in [1.54, 1.807) is 0 Å². The maximum absolute atomic E-state index is 9.22. The van der Waals surface area contributed by atoms with Crippen molar-refractivity contribution >= 4 is 5.71 Å². The Morgan fingerprint density at radius 1 is 1.38 bits per heavy atom. The van der Waals surface area contributed by atoms with E-state index in [4.69, 9.17) is 0 Å². The summed E-state index contributed by atoms with van der Waals surface area (Å²) in [5.41, 5.74) is 1.46. The second-order valence-electron chi connectivity index (χ2n) is 6.45. The molecule has 0 saturated heterocycles. The molecule has 4 atom stereocenters. The molecule has 0 amide bonds. The van der Waals surface area contributed by atoms with E-state index in [0.29, 0.717) is 29.1 Å². The van der Waals surface area contributed by atoms with E-state index in [2.05, 4.69) is 44.9 Å². The predicted octanol–water partition coefficient (Wildman–Crippen LogP) is 2.31. The fourth-order valence-corrected chi connectivity index (χ4v) is 4.06. The van der Waals surface area contributed by atoms with Crippen molar-refractivity contribution in [1.82, 2.24) is 4.90 Å². The molecule has 0 radical (unpaired) electrons. The third-order valence-corrected chi connectivity index (χ3v) is 5.03. The molecular formula is C13H24N2O. The van der Waals surface area contributed by atoms with Gasteiger partial charge in [-0.1, -0.05) is 25.9 Å². The lowest BCUT2D eigenvalue weighted by atomic mass is 9.42. The second kappa shape index (κ2) is 3.73. The van der Waals surface area contributed by atoms with E-state index in [-0.39, 0.29) is 0 Å². The van der Waals surface area contributed by atoms with Gasteiger partial charge in [-0.3, -0.25) is 0 Å². The Morgan fingerprint density at radius 2 is 2.00 bits per heavy atom. The van der Waals surface area contributed by atoms with Gasteiger partial charge >= 0.3 is 0 Å². The van der Waals surface area contributed by atoms with Gasteiger partial charge in [-0.15, -0.1) is 0 Å². The van der Waals surface area contributed by atoms with Gasteiger partial charge in [-0.05, 0) is 37.8 Å². The van der Waals surface area contributed by atoms with E-state index in [1.807, 2.05) is 0 Å². The van der Waals surface area contributed by atoms with Crippen molar-refractivity contribution in [3.8, 4) is 0 Å². The third kappa shape index (κ3) is 1.48. The van der Waals surface area contributed by atoms with Crippen LogP contribution in [0.4, 0.5) is 0 Å². The Balaban J connectivity index is 2.25. The molecule has 92 valence electrons. The third-order valence-electron chi connectivity index (χ3n) is 5.03. The quantitative estimate of drug-likeness (QED) is 0.577. The zero-order valence-corrected chi connectivity index (χ0v) is 11.1. The summed E-state index contributed by atoms with van der Waals surface area (Å²) in [5.74, 6) is 2.29. The molecule has 0 spiro atoms. The van der Waals surface area contributed by atoms with E-state index in [0.717, 1.165) is 12.3 Å². The van der Waals surface area contributed by atoms with Crippen LogP contribution < -0.4 is 0 Å². The molecule has 3 nitrogen and oxygen atoms in total. The van der Waals surface area contributed by atoms with E-state index >= 15 is 0 Å². The monoisotopic (exact) mass is 224 g/mol. The molecule has 0 heterocycles. The van der Waals surface area contributed by atoms with Crippen molar-refractivity contribution in [3.05, 3.63) is 0 Å². The van der Waals surface area contributed by atoms with E-state index in [1.165, 1.54) is 6.42 Å². The minimum atomic E-state index is 0.425. The zero-order valence-electron chi connectivity index (χ0n) is 11.1. The molecule has 0 aromatic carbocycles. The Morgan fingerprint density at radius 3 is 2.44 bits per heavy atom. The topological polar surface area (TPSA) is 35.8 Å². The van der Waals surface area contributed by atoms with Gasteiger partial charge in [0, 0.05) is 18.4 Å². The molecule has 3 fully saturated rings. The summed E-state index contributed by atoms with van der Waals surface area (Å²) in [4.78, 5) is 2.21. The fraction of sp³-hybridized carbons (Fsp3) is 0.923. The van der Waals surface area contributed by atoms with Crippen LogP contribution in [-0.4, -0.2) is 36.5 Å². The van der Waals surface area contributed by atoms with Crippen molar-refractivity contribution in [3.63, 3.8) is 0 Å². The maximum atomic E-state index is 9.22. The van der Waals surface area contributed by atoms with Gasteiger partial charge in [0.05, 0.1) is 5.71 Å². The molecule has 2 bridgehead atoms. The first-order chi connectivity index (χ1) is 7.39. The van der Waals surface area contributed by atoms with Crippen LogP contribution in [0.5, 0.6) is 0 Å². The van der Waals surface area contributed by atoms with Crippen LogP contribution in [0.25, 0.3) is 0 Å². The highest BCUT2D eigenvalue weighted by molar-refractivity contribution is 5.91. The molecular weight excluding hydrogens is 200 g/mol. The maximum Gasteiger partial charge on any atom is 0.0648 e. The van der Waals surface area contributed by atoms with Gasteiger partial charge in [0.15, 0.2) is 0 Å². The summed E-state index contributed by atoms with van der Waals surface area (Å²) in [7, 11) is 4.19. The average molecular weight is 224 g/mol. The first kappa shape index (κ1) is 11.9. The van der Waals surface area contributed by atoms with Gasteiger partial charge in [-0.25, -0.2) is 0 Å². The lowest BCUT2D eigenvalue weighted by molar-refractivity contribution is -0.0855. The highest BCUT2D eigenvalue weighted by Gasteiger charge is 2.59. The van der Waals surface area contributed by atoms with Crippen molar-refractivity contribution in [2.75, 3.05) is 20.6 Å². The molecule has 3 saturated carbocycles. The summed E-state index contributed by atoms with van der Waals surface area (Å²) in [6.07, 6.45) is 1.31.